The third kappa shape index (κ3) is 2.58. The summed E-state index contributed by atoms with van der Waals surface area (Å²) in [6, 6.07) is 5.01. The van der Waals surface area contributed by atoms with Crippen LogP contribution in [0.25, 0.3) is 0 Å². The van der Waals surface area contributed by atoms with Crippen LogP contribution >= 0.6 is 11.6 Å². The van der Waals surface area contributed by atoms with E-state index in [1.54, 1.807) is 11.6 Å². The lowest BCUT2D eigenvalue weighted by Crippen LogP contribution is -2.11. The first-order valence-electron chi connectivity index (χ1n) is 3.35. The molecule has 0 nitrogen and oxygen atoms in total. The smallest absolute Gasteiger partial charge is 0.215 e. The molecule has 3 heteroatoms. The minimum Gasteiger partial charge on any atom is -0.215 e. The van der Waals surface area contributed by atoms with Crippen molar-refractivity contribution in [3.8, 4) is 0 Å². The van der Waals surface area contributed by atoms with Gasteiger partial charge in [-0.1, -0.05) is 11.5 Å². The molecule has 0 saturated carbocycles. The predicted molar refractivity (Wildman–Crippen MR) is 50.0 cm³/mol. The lowest BCUT2D eigenvalue weighted by atomic mass is 9.93. The Bertz CT molecular complexity index is 230. The summed E-state index contributed by atoms with van der Waals surface area (Å²) in [5.41, 5.74) is 1.90. The maximum absolute atomic E-state index is 12.7. The lowest BCUT2D eigenvalue weighted by Gasteiger charge is -1.98. The largest absolute Gasteiger partial charge is 0.229 e. The van der Waals surface area contributed by atoms with Crippen molar-refractivity contribution in [1.82, 2.24) is 0 Å². The fourth-order valence-electron chi connectivity index (χ4n) is 0.969. The summed E-state index contributed by atoms with van der Waals surface area (Å²) >= 11 is 1.58. The average Bonchev–Trinajstić information content (AvgIpc) is 1.85. The van der Waals surface area contributed by atoms with Gasteiger partial charge in [-0.05, 0) is 30.9 Å². The van der Waals surface area contributed by atoms with Crippen molar-refractivity contribution >= 4 is 23.6 Å². The molecule has 0 aromatic heterocycles. The van der Waals surface area contributed by atoms with Crippen LogP contribution in [0.3, 0.4) is 0 Å². The lowest BCUT2D eigenvalue weighted by molar-refractivity contribution is 0.628. The third-order valence-corrected chi connectivity index (χ3v) is 1.83. The SMILES string of the molecule is CS[B]c1cc(C)cc(F)c1. The number of halogens is 1. The Kier molecular flexibility index (Phi) is 3.00. The van der Waals surface area contributed by atoms with Crippen molar-refractivity contribution in [2.24, 2.45) is 0 Å². The van der Waals surface area contributed by atoms with Gasteiger partial charge in [0.2, 0.25) is 6.56 Å². The Morgan fingerprint density at radius 2 is 2.09 bits per heavy atom. The topological polar surface area (TPSA) is 0 Å². The highest BCUT2D eigenvalue weighted by Crippen LogP contribution is 2.00. The van der Waals surface area contributed by atoms with Crippen molar-refractivity contribution in [2.75, 3.05) is 6.26 Å². The van der Waals surface area contributed by atoms with Crippen molar-refractivity contribution in [1.29, 1.82) is 0 Å². The van der Waals surface area contributed by atoms with Gasteiger partial charge < -0.3 is 0 Å². The normalized spacial score (nSPS) is 9.73. The Morgan fingerprint density at radius 3 is 2.64 bits per heavy atom. The van der Waals surface area contributed by atoms with Gasteiger partial charge in [-0.25, -0.2) is 16.0 Å². The van der Waals surface area contributed by atoms with Gasteiger partial charge in [0.1, 0.15) is 5.82 Å². The first-order chi connectivity index (χ1) is 5.22. The van der Waals surface area contributed by atoms with Gasteiger partial charge in [0.05, 0.1) is 0 Å². The molecule has 0 unspecified atom stereocenters. The van der Waals surface area contributed by atoms with E-state index in [-0.39, 0.29) is 5.82 Å². The third-order valence-electron chi connectivity index (χ3n) is 1.32. The fraction of sp³-hybridized carbons (Fsp3) is 0.250. The fourth-order valence-corrected chi connectivity index (χ4v) is 1.38. The maximum Gasteiger partial charge on any atom is 0.229 e. The summed E-state index contributed by atoms with van der Waals surface area (Å²) in [5, 5.41) is 0. The van der Waals surface area contributed by atoms with Gasteiger partial charge in [-0.15, -0.1) is 0 Å². The van der Waals surface area contributed by atoms with Crippen LogP contribution in [0.1, 0.15) is 5.56 Å². The van der Waals surface area contributed by atoms with Crippen molar-refractivity contribution in [3.05, 3.63) is 29.6 Å². The molecule has 1 aromatic rings. The summed E-state index contributed by atoms with van der Waals surface area (Å²) in [6.45, 7) is 3.82. The molecular weight excluding hydrogens is 158 g/mol. The monoisotopic (exact) mass is 167 g/mol. The molecule has 0 N–H and O–H groups in total. The summed E-state index contributed by atoms with van der Waals surface area (Å²) in [6.07, 6.45) is 1.96. The van der Waals surface area contributed by atoms with Gasteiger partial charge in [-0.2, -0.15) is 0 Å². The predicted octanol–water partition coefficient (Wildman–Crippen LogP) is 1.74. The minimum atomic E-state index is -0.162. The number of hydrogen-bond donors (Lipinski definition) is 0. The second-order valence-electron chi connectivity index (χ2n) is 2.42. The van der Waals surface area contributed by atoms with Crippen molar-refractivity contribution in [3.63, 3.8) is 0 Å². The summed E-state index contributed by atoms with van der Waals surface area (Å²) < 4.78 is 12.7. The van der Waals surface area contributed by atoms with E-state index in [2.05, 4.69) is 0 Å². The summed E-state index contributed by atoms with van der Waals surface area (Å²) in [4.78, 5) is 0. The highest BCUT2D eigenvalue weighted by molar-refractivity contribution is 8.23. The molecule has 57 valence electrons. The molecule has 0 spiro atoms. The highest BCUT2D eigenvalue weighted by Gasteiger charge is 1.97. The van der Waals surface area contributed by atoms with Crippen LogP contribution in [0.2, 0.25) is 0 Å². The molecule has 0 saturated heterocycles. The number of rotatable bonds is 2. The molecule has 0 bridgehead atoms. The van der Waals surface area contributed by atoms with Crippen LogP contribution in [-0.2, 0) is 0 Å². The second-order valence-corrected chi connectivity index (χ2v) is 3.12. The van der Waals surface area contributed by atoms with E-state index in [0.29, 0.717) is 0 Å². The zero-order valence-electron chi connectivity index (χ0n) is 6.60. The van der Waals surface area contributed by atoms with Crippen molar-refractivity contribution in [2.45, 2.75) is 6.92 Å². The van der Waals surface area contributed by atoms with Crippen LogP contribution in [0.15, 0.2) is 18.2 Å². The first kappa shape index (κ1) is 8.66. The van der Waals surface area contributed by atoms with Gasteiger partial charge >= 0.3 is 0 Å². The number of benzene rings is 1. The number of hydrogen-bond acceptors (Lipinski definition) is 1. The number of aryl methyl sites for hydroxylation is 1. The van der Waals surface area contributed by atoms with Crippen LogP contribution in [0, 0.1) is 12.7 Å². The molecule has 0 aliphatic carbocycles. The molecule has 11 heavy (non-hydrogen) atoms. The van der Waals surface area contributed by atoms with E-state index < -0.39 is 0 Å². The molecular formula is C8H9BFS. The first-order valence-corrected chi connectivity index (χ1v) is 4.64. The second kappa shape index (κ2) is 3.81. The van der Waals surface area contributed by atoms with Crippen LogP contribution in [0.5, 0.6) is 0 Å². The summed E-state index contributed by atoms with van der Waals surface area (Å²) in [7, 11) is 0. The average molecular weight is 167 g/mol. The van der Waals surface area contributed by atoms with Gasteiger partial charge in [0.15, 0.2) is 0 Å². The maximum atomic E-state index is 12.7. The van der Waals surface area contributed by atoms with Gasteiger partial charge in [0, 0.05) is 0 Å². The van der Waals surface area contributed by atoms with Crippen molar-refractivity contribution < 1.29 is 4.39 Å². The van der Waals surface area contributed by atoms with E-state index in [4.69, 9.17) is 0 Å². The highest BCUT2D eigenvalue weighted by atomic mass is 32.2. The molecule has 1 aromatic carbocycles. The molecule has 0 atom stereocenters. The van der Waals surface area contributed by atoms with Gasteiger partial charge in [-0.3, -0.25) is 0 Å². The molecule has 0 amide bonds. The molecule has 1 rings (SSSR count). The molecule has 0 aliphatic heterocycles. The Morgan fingerprint density at radius 1 is 1.36 bits per heavy atom. The quantitative estimate of drug-likeness (QED) is 0.604. The van der Waals surface area contributed by atoms with Gasteiger partial charge in [0.25, 0.3) is 0 Å². The zero-order valence-corrected chi connectivity index (χ0v) is 7.41. The van der Waals surface area contributed by atoms with E-state index in [1.807, 2.05) is 25.8 Å². The molecule has 0 fully saturated rings. The van der Waals surface area contributed by atoms with Crippen LogP contribution < -0.4 is 5.46 Å². The Hall–Kier alpha value is -0.435. The minimum absolute atomic E-state index is 0.162. The molecule has 1 radical (unpaired) electrons. The van der Waals surface area contributed by atoms with E-state index in [1.165, 1.54) is 12.1 Å². The molecule has 0 heterocycles. The van der Waals surface area contributed by atoms with E-state index in [9.17, 15) is 4.39 Å². The van der Waals surface area contributed by atoms with Crippen LogP contribution in [-0.4, -0.2) is 12.8 Å². The Labute approximate surface area is 71.3 Å². The summed E-state index contributed by atoms with van der Waals surface area (Å²) in [5.74, 6) is -0.162. The molecule has 0 aliphatic rings. The van der Waals surface area contributed by atoms with E-state index >= 15 is 0 Å². The van der Waals surface area contributed by atoms with Crippen LogP contribution in [0.4, 0.5) is 4.39 Å². The standard InChI is InChI=1S/C8H9BFS/c1-6-3-7(9-11-2)5-8(10)4-6/h3-5H,1-2H3. The van der Waals surface area contributed by atoms with E-state index in [0.717, 1.165) is 11.0 Å². The zero-order chi connectivity index (χ0) is 8.27. The Balaban J connectivity index is 2.89.